The van der Waals surface area contributed by atoms with E-state index < -0.39 is 6.04 Å². The summed E-state index contributed by atoms with van der Waals surface area (Å²) in [5, 5.41) is 10.6. The van der Waals surface area contributed by atoms with Crippen molar-refractivity contribution in [2.24, 2.45) is 0 Å². The van der Waals surface area contributed by atoms with Crippen molar-refractivity contribution in [3.05, 3.63) is 77.3 Å². The van der Waals surface area contributed by atoms with Crippen molar-refractivity contribution in [1.29, 1.82) is 0 Å². The van der Waals surface area contributed by atoms with Crippen LogP contribution in [-0.2, 0) is 11.3 Å². The van der Waals surface area contributed by atoms with E-state index in [0.29, 0.717) is 36.2 Å². The second kappa shape index (κ2) is 8.91. The van der Waals surface area contributed by atoms with E-state index in [9.17, 15) is 4.79 Å². The third-order valence-electron chi connectivity index (χ3n) is 5.14. The molecule has 1 aromatic heterocycles. The molecule has 8 heteroatoms. The fraction of sp³-hybridized carbons (Fsp3) is 0.261. The first-order valence-electron chi connectivity index (χ1n) is 10.1. The van der Waals surface area contributed by atoms with E-state index in [1.165, 1.54) is 6.33 Å². The molecule has 0 aliphatic carbocycles. The summed E-state index contributed by atoms with van der Waals surface area (Å²) < 4.78 is 12.9. The molecule has 1 atom stereocenters. The lowest BCUT2D eigenvalue weighted by Crippen LogP contribution is -2.34. The zero-order valence-corrected chi connectivity index (χ0v) is 17.8. The summed E-state index contributed by atoms with van der Waals surface area (Å²) >= 11 is 0. The highest BCUT2D eigenvalue weighted by molar-refractivity contribution is 5.96. The topological polar surface area (TPSA) is 90.3 Å². The first-order valence-corrected chi connectivity index (χ1v) is 10.1. The van der Waals surface area contributed by atoms with Crippen LogP contribution in [0.5, 0.6) is 11.5 Å². The maximum Gasteiger partial charge on any atom is 0.251 e. The highest BCUT2D eigenvalue weighted by atomic mass is 16.5. The number of hydrogen-bond donors (Lipinski definition) is 2. The van der Waals surface area contributed by atoms with Crippen LogP contribution < -0.4 is 20.1 Å². The minimum absolute atomic E-state index is 0.173. The quantitative estimate of drug-likeness (QED) is 0.611. The van der Waals surface area contributed by atoms with Gasteiger partial charge >= 0.3 is 0 Å². The molecule has 2 aromatic carbocycles. The molecule has 0 radical (unpaired) electrons. The zero-order chi connectivity index (χ0) is 21.8. The number of carbonyl (C=O) groups is 1. The van der Waals surface area contributed by atoms with E-state index in [1.807, 2.05) is 62.4 Å². The molecule has 0 bridgehead atoms. The Morgan fingerprint density at radius 1 is 1.19 bits per heavy atom. The van der Waals surface area contributed by atoms with Crippen molar-refractivity contribution in [2.45, 2.75) is 26.4 Å². The van der Waals surface area contributed by atoms with Gasteiger partial charge in [-0.1, -0.05) is 36.4 Å². The molecule has 3 aromatic rings. The molecule has 1 unspecified atom stereocenters. The van der Waals surface area contributed by atoms with E-state index in [0.717, 1.165) is 16.8 Å². The van der Waals surface area contributed by atoms with Crippen LogP contribution in [0.3, 0.4) is 0 Å². The van der Waals surface area contributed by atoms with Crippen LogP contribution in [0.1, 0.15) is 31.0 Å². The number of allylic oxidation sites excluding steroid dienone is 1. The van der Waals surface area contributed by atoms with Crippen molar-refractivity contribution in [1.82, 2.24) is 20.1 Å². The van der Waals surface area contributed by atoms with Crippen LogP contribution in [-0.4, -0.2) is 34.4 Å². The van der Waals surface area contributed by atoms with Gasteiger partial charge in [-0.3, -0.25) is 4.79 Å². The number of carbonyl (C=O) groups excluding carboxylic acids is 1. The van der Waals surface area contributed by atoms with Gasteiger partial charge in [-0.05, 0) is 37.1 Å². The number of fused-ring (bicyclic) bond motifs is 1. The number of amides is 1. The van der Waals surface area contributed by atoms with Crippen molar-refractivity contribution < 1.29 is 14.3 Å². The van der Waals surface area contributed by atoms with Crippen LogP contribution in [0.4, 0.5) is 5.95 Å². The summed E-state index contributed by atoms with van der Waals surface area (Å²) in [6, 6.07) is 15.0. The Hall–Kier alpha value is -3.81. The minimum Gasteiger partial charge on any atom is -0.493 e. The average Bonchev–Trinajstić information content (AvgIpc) is 3.25. The number of rotatable bonds is 7. The molecule has 4 rings (SSSR count). The standard InChI is InChI=1S/C23H25N5O3/c1-4-31-18-11-10-17(12-19(18)30-3)21-20(15(2)27-23-25-14-26-28(21)23)22(29)24-13-16-8-6-5-7-9-16/h5-12,14,21H,4,13H2,1-3H3,(H,24,29)(H,25,26,27). The Bertz CT molecular complexity index is 1110. The largest absolute Gasteiger partial charge is 0.493 e. The first-order chi connectivity index (χ1) is 15.1. The number of ether oxygens (including phenoxy) is 2. The summed E-state index contributed by atoms with van der Waals surface area (Å²) in [5.41, 5.74) is 3.17. The summed E-state index contributed by atoms with van der Waals surface area (Å²) in [5.74, 6) is 1.65. The van der Waals surface area contributed by atoms with Gasteiger partial charge in [0.1, 0.15) is 12.4 Å². The van der Waals surface area contributed by atoms with Crippen molar-refractivity contribution in [3.8, 4) is 11.5 Å². The second-order valence-corrected chi connectivity index (χ2v) is 7.11. The van der Waals surface area contributed by atoms with E-state index in [4.69, 9.17) is 9.47 Å². The molecule has 0 saturated carbocycles. The van der Waals surface area contributed by atoms with Crippen molar-refractivity contribution >= 4 is 11.9 Å². The van der Waals surface area contributed by atoms with Crippen molar-refractivity contribution in [2.75, 3.05) is 19.0 Å². The molecule has 1 aliphatic heterocycles. The van der Waals surface area contributed by atoms with Gasteiger partial charge < -0.3 is 20.1 Å². The van der Waals surface area contributed by atoms with E-state index in [-0.39, 0.29) is 5.91 Å². The van der Waals surface area contributed by atoms with Crippen molar-refractivity contribution in [3.63, 3.8) is 0 Å². The Labute approximate surface area is 180 Å². The molecule has 2 N–H and O–H groups in total. The first kappa shape index (κ1) is 20.5. The molecule has 1 amide bonds. The molecular formula is C23H25N5O3. The van der Waals surface area contributed by atoms with Gasteiger partial charge in [0, 0.05) is 12.2 Å². The number of anilines is 1. The van der Waals surface area contributed by atoms with Gasteiger partial charge in [-0.25, -0.2) is 4.68 Å². The van der Waals surface area contributed by atoms with Gasteiger partial charge in [0.05, 0.1) is 19.3 Å². The lowest BCUT2D eigenvalue weighted by Gasteiger charge is -2.29. The number of hydrogen-bond acceptors (Lipinski definition) is 6. The Balaban J connectivity index is 1.70. The summed E-state index contributed by atoms with van der Waals surface area (Å²) in [6.07, 6.45) is 1.47. The molecular weight excluding hydrogens is 394 g/mol. The second-order valence-electron chi connectivity index (χ2n) is 7.11. The van der Waals surface area contributed by atoms with E-state index in [2.05, 4.69) is 20.7 Å². The number of nitrogens with one attached hydrogen (secondary N) is 2. The van der Waals surface area contributed by atoms with Gasteiger partial charge in [-0.15, -0.1) is 0 Å². The molecule has 160 valence electrons. The van der Waals surface area contributed by atoms with E-state index in [1.54, 1.807) is 11.8 Å². The molecule has 1 aliphatic rings. The lowest BCUT2D eigenvalue weighted by atomic mass is 9.94. The number of benzene rings is 2. The summed E-state index contributed by atoms with van der Waals surface area (Å²) in [4.78, 5) is 17.6. The highest BCUT2D eigenvalue weighted by Gasteiger charge is 2.33. The third-order valence-corrected chi connectivity index (χ3v) is 5.14. The Kier molecular flexibility index (Phi) is 5.88. The maximum absolute atomic E-state index is 13.3. The van der Waals surface area contributed by atoms with Gasteiger partial charge in [0.2, 0.25) is 5.95 Å². The third kappa shape index (κ3) is 4.09. The molecule has 0 spiro atoms. The Morgan fingerprint density at radius 2 is 2.00 bits per heavy atom. The van der Waals surface area contributed by atoms with Gasteiger partial charge in [-0.2, -0.15) is 10.1 Å². The summed E-state index contributed by atoms with van der Waals surface area (Å²) in [7, 11) is 1.60. The van der Waals surface area contributed by atoms with Crippen LogP contribution in [0.15, 0.2) is 66.1 Å². The maximum atomic E-state index is 13.3. The fourth-order valence-electron chi connectivity index (χ4n) is 3.70. The number of nitrogens with zero attached hydrogens (tertiary/aromatic N) is 3. The van der Waals surface area contributed by atoms with Crippen LogP contribution in [0.2, 0.25) is 0 Å². The smallest absolute Gasteiger partial charge is 0.251 e. The summed E-state index contributed by atoms with van der Waals surface area (Å²) in [6.45, 7) is 4.75. The van der Waals surface area contributed by atoms with Gasteiger partial charge in [0.25, 0.3) is 5.91 Å². The molecule has 31 heavy (non-hydrogen) atoms. The fourth-order valence-corrected chi connectivity index (χ4v) is 3.70. The average molecular weight is 419 g/mol. The lowest BCUT2D eigenvalue weighted by molar-refractivity contribution is -0.118. The van der Waals surface area contributed by atoms with Crippen LogP contribution in [0.25, 0.3) is 0 Å². The SMILES string of the molecule is CCOc1ccc(C2C(C(=O)NCc3ccccc3)=C(C)Nc3ncnn32)cc1OC. The molecule has 0 fully saturated rings. The predicted octanol–water partition coefficient (Wildman–Crippen LogP) is 3.29. The minimum atomic E-state index is -0.459. The normalized spacial score (nSPS) is 15.1. The van der Waals surface area contributed by atoms with Gasteiger partial charge in [0.15, 0.2) is 11.5 Å². The van der Waals surface area contributed by atoms with Crippen LogP contribution >= 0.6 is 0 Å². The number of methoxy groups -OCH3 is 1. The molecule has 8 nitrogen and oxygen atoms in total. The molecule has 0 saturated heterocycles. The highest BCUT2D eigenvalue weighted by Crippen LogP contribution is 2.38. The molecule has 2 heterocycles. The monoisotopic (exact) mass is 419 g/mol. The Morgan fingerprint density at radius 3 is 2.74 bits per heavy atom. The van der Waals surface area contributed by atoms with Crippen LogP contribution in [0, 0.1) is 0 Å². The van der Waals surface area contributed by atoms with E-state index >= 15 is 0 Å². The zero-order valence-electron chi connectivity index (χ0n) is 17.8. The number of aromatic nitrogens is 3. The predicted molar refractivity (Wildman–Crippen MR) is 117 cm³/mol.